The van der Waals surface area contributed by atoms with Gasteiger partial charge in [-0.3, -0.25) is 4.55 Å². The average molecular weight is 244 g/mol. The Morgan fingerprint density at radius 1 is 1.40 bits per heavy atom. The summed E-state index contributed by atoms with van der Waals surface area (Å²) >= 11 is 4.97. The fraction of sp³-hybridized carbons (Fsp3) is 0.300. The van der Waals surface area contributed by atoms with Crippen LogP contribution < -0.4 is 0 Å². The Balaban J connectivity index is 2.73. The van der Waals surface area contributed by atoms with Gasteiger partial charge in [-0.25, -0.2) is 0 Å². The summed E-state index contributed by atoms with van der Waals surface area (Å²) in [6, 6.07) is 9.32. The molecule has 1 rings (SSSR count). The van der Waals surface area contributed by atoms with Gasteiger partial charge in [-0.05, 0) is 12.5 Å². The van der Waals surface area contributed by atoms with Crippen LogP contribution in [0.1, 0.15) is 12.5 Å². The highest BCUT2D eigenvalue weighted by atomic mass is 32.2. The number of benzene rings is 1. The molecule has 0 saturated carbocycles. The summed E-state index contributed by atoms with van der Waals surface area (Å²) in [7, 11) is -4.06. The minimum Gasteiger partial charge on any atom is -0.285 e. The van der Waals surface area contributed by atoms with E-state index < -0.39 is 15.4 Å². The van der Waals surface area contributed by atoms with Gasteiger partial charge in [0.05, 0.1) is 0 Å². The summed E-state index contributed by atoms with van der Waals surface area (Å²) < 4.78 is 30.5. The maximum Gasteiger partial charge on any atom is 0.272 e. The summed E-state index contributed by atoms with van der Waals surface area (Å²) in [4.78, 5) is 0.323. The highest BCUT2D eigenvalue weighted by molar-refractivity contribution is 7.90. The van der Waals surface area contributed by atoms with Crippen molar-refractivity contribution in [1.82, 2.24) is 0 Å². The van der Waals surface area contributed by atoms with Crippen LogP contribution in [0.25, 0.3) is 0 Å². The van der Waals surface area contributed by atoms with E-state index in [1.54, 1.807) is 0 Å². The second-order valence-electron chi connectivity index (χ2n) is 3.29. The maximum absolute atomic E-state index is 10.8. The Labute approximate surface area is 94.9 Å². The zero-order valence-corrected chi connectivity index (χ0v) is 9.88. The molecule has 0 spiro atoms. The molecule has 0 aliphatic rings. The van der Waals surface area contributed by atoms with Gasteiger partial charge in [-0.1, -0.05) is 42.5 Å². The Morgan fingerprint density at radius 3 is 2.40 bits per heavy atom. The normalized spacial score (nSPS) is 13.5. The Morgan fingerprint density at radius 2 is 1.93 bits per heavy atom. The van der Waals surface area contributed by atoms with E-state index in [1.807, 2.05) is 30.3 Å². The average Bonchev–Trinajstić information content (AvgIpc) is 2.16. The zero-order chi connectivity index (χ0) is 11.5. The molecule has 0 aliphatic heterocycles. The zero-order valence-electron chi connectivity index (χ0n) is 8.25. The van der Waals surface area contributed by atoms with E-state index in [0.29, 0.717) is 11.3 Å². The molecule has 0 fully saturated rings. The van der Waals surface area contributed by atoms with E-state index in [4.69, 9.17) is 16.8 Å². The number of hydrogen-bond donors (Lipinski definition) is 1. The first-order valence-corrected chi connectivity index (χ1v) is 6.35. The molecule has 1 aromatic rings. The van der Waals surface area contributed by atoms with Crippen LogP contribution in [0.15, 0.2) is 30.3 Å². The molecule has 1 N–H and O–H groups in total. The minimum absolute atomic E-state index is 0.323. The van der Waals surface area contributed by atoms with Crippen LogP contribution in [0.3, 0.4) is 0 Å². The van der Waals surface area contributed by atoms with E-state index in [0.717, 1.165) is 5.56 Å². The highest BCUT2D eigenvalue weighted by Crippen LogP contribution is 2.08. The highest BCUT2D eigenvalue weighted by Gasteiger charge is 2.21. The van der Waals surface area contributed by atoms with Crippen LogP contribution in [0.4, 0.5) is 0 Å². The molecule has 0 aliphatic carbocycles. The van der Waals surface area contributed by atoms with Gasteiger partial charge in [0.25, 0.3) is 10.1 Å². The van der Waals surface area contributed by atoms with Gasteiger partial charge in [0.2, 0.25) is 0 Å². The lowest BCUT2D eigenvalue weighted by molar-refractivity contribution is 0.479. The SMILES string of the molecule is CC(C(=S)Cc1ccccc1)S(=O)(=O)O. The van der Waals surface area contributed by atoms with Crippen molar-refractivity contribution in [2.75, 3.05) is 0 Å². The summed E-state index contributed by atoms with van der Waals surface area (Å²) in [6.45, 7) is 1.39. The van der Waals surface area contributed by atoms with Gasteiger partial charge in [-0.2, -0.15) is 8.42 Å². The fourth-order valence-corrected chi connectivity index (χ4v) is 2.05. The molecule has 0 saturated heterocycles. The first-order chi connectivity index (χ1) is 6.91. The summed E-state index contributed by atoms with van der Waals surface area (Å²) in [5, 5.41) is -0.993. The molecular weight excluding hydrogens is 232 g/mol. The molecule has 0 bridgehead atoms. The standard InChI is InChI=1S/C10H12O3S2/c1-8(15(11,12)13)10(14)7-9-5-3-2-4-6-9/h2-6,8H,7H2,1H3,(H,11,12,13). The van der Waals surface area contributed by atoms with Crippen LogP contribution in [0.2, 0.25) is 0 Å². The number of hydrogen-bond acceptors (Lipinski definition) is 3. The predicted octanol–water partition coefficient (Wildman–Crippen LogP) is 1.88. The van der Waals surface area contributed by atoms with Crippen LogP contribution in [0.5, 0.6) is 0 Å². The van der Waals surface area contributed by atoms with E-state index >= 15 is 0 Å². The van der Waals surface area contributed by atoms with Crippen molar-refractivity contribution in [2.24, 2.45) is 0 Å². The van der Waals surface area contributed by atoms with Gasteiger partial charge in [0.15, 0.2) is 0 Å². The lowest BCUT2D eigenvalue weighted by atomic mass is 10.1. The van der Waals surface area contributed by atoms with Crippen molar-refractivity contribution < 1.29 is 13.0 Å². The van der Waals surface area contributed by atoms with Crippen molar-refractivity contribution in [2.45, 2.75) is 18.6 Å². The van der Waals surface area contributed by atoms with E-state index in [2.05, 4.69) is 0 Å². The molecule has 0 aromatic heterocycles. The van der Waals surface area contributed by atoms with Crippen molar-refractivity contribution in [3.63, 3.8) is 0 Å². The first-order valence-electron chi connectivity index (χ1n) is 4.44. The largest absolute Gasteiger partial charge is 0.285 e. The lowest BCUT2D eigenvalue weighted by Gasteiger charge is -2.09. The molecule has 0 heterocycles. The van der Waals surface area contributed by atoms with Gasteiger partial charge in [0, 0.05) is 11.3 Å². The second-order valence-corrected chi connectivity index (χ2v) is 5.55. The first kappa shape index (κ1) is 12.3. The number of thiocarbonyl (C=S) groups is 1. The molecule has 0 radical (unpaired) electrons. The third kappa shape index (κ3) is 3.70. The number of rotatable bonds is 4. The molecule has 3 nitrogen and oxygen atoms in total. The topological polar surface area (TPSA) is 54.4 Å². The molecule has 1 unspecified atom stereocenters. The van der Waals surface area contributed by atoms with Gasteiger partial charge in [-0.15, -0.1) is 0 Å². The summed E-state index contributed by atoms with van der Waals surface area (Å²) in [5.41, 5.74) is 0.943. The molecule has 5 heteroatoms. The Hall–Kier alpha value is -0.780. The monoisotopic (exact) mass is 244 g/mol. The van der Waals surface area contributed by atoms with Gasteiger partial charge >= 0.3 is 0 Å². The second kappa shape index (κ2) is 4.83. The van der Waals surface area contributed by atoms with Crippen LogP contribution >= 0.6 is 12.2 Å². The van der Waals surface area contributed by atoms with Crippen molar-refractivity contribution >= 4 is 27.2 Å². The summed E-state index contributed by atoms with van der Waals surface area (Å²) in [5.74, 6) is 0. The predicted molar refractivity (Wildman–Crippen MR) is 63.8 cm³/mol. The van der Waals surface area contributed by atoms with Crippen LogP contribution in [0, 0.1) is 0 Å². The van der Waals surface area contributed by atoms with Crippen molar-refractivity contribution in [1.29, 1.82) is 0 Å². The fourth-order valence-electron chi connectivity index (χ4n) is 1.11. The van der Waals surface area contributed by atoms with Gasteiger partial charge < -0.3 is 0 Å². The smallest absolute Gasteiger partial charge is 0.272 e. The molecule has 1 atom stereocenters. The van der Waals surface area contributed by atoms with Gasteiger partial charge in [0.1, 0.15) is 5.25 Å². The third-order valence-electron chi connectivity index (χ3n) is 2.12. The Kier molecular flexibility index (Phi) is 3.96. The van der Waals surface area contributed by atoms with E-state index in [9.17, 15) is 8.42 Å². The minimum atomic E-state index is -4.06. The van der Waals surface area contributed by atoms with Crippen molar-refractivity contribution in [3.8, 4) is 0 Å². The quantitative estimate of drug-likeness (QED) is 0.649. The molecule has 0 amide bonds. The molecular formula is C10H12O3S2. The van der Waals surface area contributed by atoms with E-state index in [1.165, 1.54) is 6.92 Å². The Bertz CT molecular complexity index is 437. The summed E-state index contributed by atoms with van der Waals surface area (Å²) in [6.07, 6.45) is 0.386. The van der Waals surface area contributed by atoms with Crippen molar-refractivity contribution in [3.05, 3.63) is 35.9 Å². The molecule has 15 heavy (non-hydrogen) atoms. The maximum atomic E-state index is 10.8. The van der Waals surface area contributed by atoms with Crippen LogP contribution in [-0.2, 0) is 16.5 Å². The molecule has 82 valence electrons. The van der Waals surface area contributed by atoms with Crippen LogP contribution in [-0.4, -0.2) is 23.1 Å². The van der Waals surface area contributed by atoms with E-state index in [-0.39, 0.29) is 0 Å². The lowest BCUT2D eigenvalue weighted by Crippen LogP contribution is -2.26. The molecule has 1 aromatic carbocycles. The third-order valence-corrected chi connectivity index (χ3v) is 3.95.